The van der Waals surface area contributed by atoms with Gasteiger partial charge in [-0.25, -0.2) is 0 Å². The number of benzene rings is 1. The molecule has 15 heavy (non-hydrogen) atoms. The summed E-state index contributed by atoms with van der Waals surface area (Å²) in [5.41, 5.74) is 1.29. The fourth-order valence-corrected chi connectivity index (χ4v) is 1.46. The lowest BCUT2D eigenvalue weighted by Crippen LogP contribution is -2.87. The van der Waals surface area contributed by atoms with Gasteiger partial charge in [0.05, 0.1) is 12.6 Å². The van der Waals surface area contributed by atoms with E-state index in [1.54, 1.807) is 0 Å². The van der Waals surface area contributed by atoms with Crippen molar-refractivity contribution < 1.29 is 10.1 Å². The van der Waals surface area contributed by atoms with Gasteiger partial charge in [0, 0.05) is 5.56 Å². The van der Waals surface area contributed by atoms with Gasteiger partial charge < -0.3 is 10.1 Å². The maximum absolute atomic E-state index is 5.58. The predicted molar refractivity (Wildman–Crippen MR) is 63.0 cm³/mol. The predicted octanol–water partition coefficient (Wildman–Crippen LogP) is 1.95. The SMILES string of the molecule is CCOc1ccccc1C[NH2+][C@H](C)CC. The normalized spacial score (nSPS) is 12.5. The average Bonchev–Trinajstić information content (AvgIpc) is 2.28. The van der Waals surface area contributed by atoms with Gasteiger partial charge in [-0.15, -0.1) is 0 Å². The van der Waals surface area contributed by atoms with Crippen LogP contribution >= 0.6 is 0 Å². The number of nitrogens with two attached hydrogens (primary N) is 1. The minimum atomic E-state index is 0.680. The van der Waals surface area contributed by atoms with E-state index < -0.39 is 0 Å². The summed E-state index contributed by atoms with van der Waals surface area (Å²) in [6.07, 6.45) is 1.21. The number of quaternary nitrogens is 1. The molecule has 0 saturated carbocycles. The van der Waals surface area contributed by atoms with Crippen molar-refractivity contribution in [2.75, 3.05) is 6.61 Å². The van der Waals surface area contributed by atoms with Crippen LogP contribution in [-0.4, -0.2) is 12.6 Å². The van der Waals surface area contributed by atoms with Crippen LogP contribution in [0.15, 0.2) is 24.3 Å². The second-order valence-electron chi connectivity index (χ2n) is 3.87. The molecule has 0 aliphatic carbocycles. The van der Waals surface area contributed by atoms with Gasteiger partial charge in [0.15, 0.2) is 0 Å². The number of hydrogen-bond acceptors (Lipinski definition) is 1. The zero-order valence-corrected chi connectivity index (χ0v) is 9.99. The molecule has 1 atom stereocenters. The van der Waals surface area contributed by atoms with Crippen molar-refractivity contribution in [3.8, 4) is 5.75 Å². The van der Waals surface area contributed by atoms with Crippen molar-refractivity contribution >= 4 is 0 Å². The largest absolute Gasteiger partial charge is 0.493 e. The van der Waals surface area contributed by atoms with Crippen LogP contribution in [0.5, 0.6) is 5.75 Å². The third-order valence-electron chi connectivity index (χ3n) is 2.66. The van der Waals surface area contributed by atoms with E-state index in [4.69, 9.17) is 4.74 Å². The van der Waals surface area contributed by atoms with Crippen molar-refractivity contribution in [2.45, 2.75) is 39.8 Å². The third-order valence-corrected chi connectivity index (χ3v) is 2.66. The molecule has 0 bridgehead atoms. The first-order valence-corrected chi connectivity index (χ1v) is 5.82. The average molecular weight is 208 g/mol. The summed E-state index contributed by atoms with van der Waals surface area (Å²) < 4.78 is 5.58. The van der Waals surface area contributed by atoms with E-state index in [2.05, 4.69) is 31.3 Å². The van der Waals surface area contributed by atoms with Crippen LogP contribution in [0.25, 0.3) is 0 Å². The van der Waals surface area contributed by atoms with E-state index in [1.807, 2.05) is 19.1 Å². The summed E-state index contributed by atoms with van der Waals surface area (Å²) in [6.45, 7) is 8.24. The highest BCUT2D eigenvalue weighted by atomic mass is 16.5. The molecule has 0 radical (unpaired) electrons. The van der Waals surface area contributed by atoms with Crippen molar-refractivity contribution in [1.82, 2.24) is 0 Å². The van der Waals surface area contributed by atoms with Gasteiger partial charge in [0.1, 0.15) is 12.3 Å². The van der Waals surface area contributed by atoms with Crippen LogP contribution in [0, 0.1) is 0 Å². The van der Waals surface area contributed by atoms with Gasteiger partial charge in [0.2, 0.25) is 0 Å². The van der Waals surface area contributed by atoms with Crippen molar-refractivity contribution in [2.24, 2.45) is 0 Å². The summed E-state index contributed by atoms with van der Waals surface area (Å²) in [5, 5.41) is 2.36. The van der Waals surface area contributed by atoms with Crippen LogP contribution in [-0.2, 0) is 6.54 Å². The van der Waals surface area contributed by atoms with E-state index >= 15 is 0 Å². The lowest BCUT2D eigenvalue weighted by molar-refractivity contribution is -0.701. The molecule has 0 unspecified atom stereocenters. The second kappa shape index (κ2) is 6.46. The first kappa shape index (κ1) is 12.1. The van der Waals surface area contributed by atoms with E-state index in [9.17, 15) is 0 Å². The molecule has 0 heterocycles. The number of para-hydroxylation sites is 1. The summed E-state index contributed by atoms with van der Waals surface area (Å²) in [4.78, 5) is 0. The van der Waals surface area contributed by atoms with Gasteiger partial charge in [0.25, 0.3) is 0 Å². The molecule has 0 spiro atoms. The summed E-state index contributed by atoms with van der Waals surface area (Å²) in [5.74, 6) is 1.03. The Kier molecular flexibility index (Phi) is 5.19. The van der Waals surface area contributed by atoms with Crippen LogP contribution in [0.4, 0.5) is 0 Å². The van der Waals surface area contributed by atoms with Gasteiger partial charge in [-0.1, -0.05) is 19.1 Å². The highest BCUT2D eigenvalue weighted by Gasteiger charge is 2.06. The number of hydrogen-bond donors (Lipinski definition) is 1. The van der Waals surface area contributed by atoms with Gasteiger partial charge in [-0.05, 0) is 32.4 Å². The Labute approximate surface area is 92.6 Å². The fraction of sp³-hybridized carbons (Fsp3) is 0.538. The molecule has 0 aliphatic heterocycles. The Morgan fingerprint density at radius 3 is 2.67 bits per heavy atom. The molecule has 0 fully saturated rings. The first-order valence-electron chi connectivity index (χ1n) is 5.82. The van der Waals surface area contributed by atoms with Crippen molar-refractivity contribution in [3.63, 3.8) is 0 Å². The lowest BCUT2D eigenvalue weighted by Gasteiger charge is -2.11. The molecule has 2 nitrogen and oxygen atoms in total. The Bertz CT molecular complexity index is 286. The highest BCUT2D eigenvalue weighted by molar-refractivity contribution is 5.32. The molecule has 84 valence electrons. The zero-order chi connectivity index (χ0) is 11.1. The quantitative estimate of drug-likeness (QED) is 0.759. The molecule has 0 aromatic heterocycles. The van der Waals surface area contributed by atoms with Crippen molar-refractivity contribution in [3.05, 3.63) is 29.8 Å². The van der Waals surface area contributed by atoms with Crippen LogP contribution < -0.4 is 10.1 Å². The molecule has 2 N–H and O–H groups in total. The van der Waals surface area contributed by atoms with E-state index in [1.165, 1.54) is 12.0 Å². The number of ether oxygens (including phenoxy) is 1. The minimum absolute atomic E-state index is 0.680. The Morgan fingerprint density at radius 1 is 1.27 bits per heavy atom. The molecule has 1 aromatic rings. The van der Waals surface area contributed by atoms with E-state index in [-0.39, 0.29) is 0 Å². The highest BCUT2D eigenvalue weighted by Crippen LogP contribution is 2.16. The van der Waals surface area contributed by atoms with Crippen molar-refractivity contribution in [1.29, 1.82) is 0 Å². The molecule has 1 aromatic carbocycles. The molecule has 0 saturated heterocycles. The number of rotatable bonds is 6. The maximum atomic E-state index is 5.58. The summed E-state index contributed by atoms with van der Waals surface area (Å²) in [6, 6.07) is 8.97. The monoisotopic (exact) mass is 208 g/mol. The minimum Gasteiger partial charge on any atom is -0.493 e. The Balaban J connectivity index is 2.58. The van der Waals surface area contributed by atoms with Crippen LogP contribution in [0.1, 0.15) is 32.8 Å². The molecule has 0 aliphatic rings. The molecule has 1 rings (SSSR count). The van der Waals surface area contributed by atoms with Gasteiger partial charge in [-0.3, -0.25) is 0 Å². The Hall–Kier alpha value is -1.02. The third kappa shape index (κ3) is 3.92. The summed E-state index contributed by atoms with van der Waals surface area (Å²) in [7, 11) is 0. The van der Waals surface area contributed by atoms with Crippen LogP contribution in [0.2, 0.25) is 0 Å². The molecular weight excluding hydrogens is 186 g/mol. The lowest BCUT2D eigenvalue weighted by atomic mass is 10.2. The maximum Gasteiger partial charge on any atom is 0.128 e. The molecular formula is C13H22NO+. The summed E-state index contributed by atoms with van der Waals surface area (Å²) >= 11 is 0. The molecule has 0 amide bonds. The standard InChI is InChI=1S/C13H21NO/c1-4-11(3)14-10-12-8-6-7-9-13(12)15-5-2/h6-9,11,14H,4-5,10H2,1-3H3/p+1/t11-/m1/s1. The zero-order valence-electron chi connectivity index (χ0n) is 9.99. The second-order valence-corrected chi connectivity index (χ2v) is 3.87. The van der Waals surface area contributed by atoms with Gasteiger partial charge in [-0.2, -0.15) is 0 Å². The first-order chi connectivity index (χ1) is 7.27. The smallest absolute Gasteiger partial charge is 0.128 e. The van der Waals surface area contributed by atoms with E-state index in [0.717, 1.165) is 18.9 Å². The van der Waals surface area contributed by atoms with E-state index in [0.29, 0.717) is 6.04 Å². The molecule has 2 heteroatoms. The van der Waals surface area contributed by atoms with Crippen LogP contribution in [0.3, 0.4) is 0 Å². The Morgan fingerprint density at radius 2 is 2.00 bits per heavy atom. The fourth-order valence-electron chi connectivity index (χ4n) is 1.46. The van der Waals surface area contributed by atoms with Gasteiger partial charge >= 0.3 is 0 Å². The topological polar surface area (TPSA) is 25.8 Å².